The quantitative estimate of drug-likeness (QED) is 0.456. The van der Waals surface area contributed by atoms with Gasteiger partial charge in [0.1, 0.15) is 0 Å². The minimum Gasteiger partial charge on any atom is -0.369 e. The summed E-state index contributed by atoms with van der Waals surface area (Å²) in [5.74, 6) is 0.221. The fourth-order valence-corrected chi connectivity index (χ4v) is 4.80. The lowest BCUT2D eigenvalue weighted by atomic mass is 9.99. The predicted octanol–water partition coefficient (Wildman–Crippen LogP) is 5.64. The van der Waals surface area contributed by atoms with E-state index in [-0.39, 0.29) is 30.7 Å². The molecule has 180 valence electrons. The number of piperazine rings is 1. The van der Waals surface area contributed by atoms with Gasteiger partial charge in [0.05, 0.1) is 6.54 Å². The van der Waals surface area contributed by atoms with Crippen molar-refractivity contribution in [1.82, 2.24) is 4.90 Å². The summed E-state index contributed by atoms with van der Waals surface area (Å²) >= 11 is 0. The van der Waals surface area contributed by atoms with Gasteiger partial charge in [0.25, 0.3) is 0 Å². The Kier molecular flexibility index (Phi) is 9.01. The first kappa shape index (κ1) is 26.1. The molecule has 1 amide bonds. The normalized spacial score (nSPS) is 15.9. The molecule has 3 aromatic carbocycles. The number of halogens is 2. The van der Waals surface area contributed by atoms with E-state index in [0.29, 0.717) is 13.0 Å². The number of fused-ring (bicyclic) bond motifs is 1. The van der Waals surface area contributed by atoms with Crippen LogP contribution in [-0.4, -0.2) is 37.0 Å². The summed E-state index contributed by atoms with van der Waals surface area (Å²) in [6.07, 6.45) is 1.42. The highest BCUT2D eigenvalue weighted by Crippen LogP contribution is 2.33. The third-order valence-corrected chi connectivity index (χ3v) is 6.71. The minimum absolute atomic E-state index is 0. The molecule has 5 rings (SSSR count). The maximum absolute atomic E-state index is 12.7. The molecule has 2 heterocycles. The molecular formula is C28H33Cl2N3O. The smallest absolute Gasteiger partial charge is 0.227 e. The molecule has 0 saturated carbocycles. The topological polar surface area (TPSA) is 26.8 Å². The lowest BCUT2D eigenvalue weighted by Gasteiger charge is -2.37. The molecule has 0 unspecified atom stereocenters. The van der Waals surface area contributed by atoms with Gasteiger partial charge in [0.2, 0.25) is 5.91 Å². The summed E-state index contributed by atoms with van der Waals surface area (Å²) in [5, 5.41) is 0. The average molecular weight is 498 g/mol. The molecule has 34 heavy (non-hydrogen) atoms. The van der Waals surface area contributed by atoms with E-state index in [2.05, 4.69) is 71.3 Å². The first-order valence-electron chi connectivity index (χ1n) is 11.7. The van der Waals surface area contributed by atoms with E-state index in [1.165, 1.54) is 27.9 Å². The Morgan fingerprint density at radius 3 is 2.12 bits per heavy atom. The van der Waals surface area contributed by atoms with Gasteiger partial charge >= 0.3 is 0 Å². The number of aryl methyl sites for hydroxylation is 2. The van der Waals surface area contributed by atoms with Gasteiger partial charge in [-0.05, 0) is 48.2 Å². The van der Waals surface area contributed by atoms with Gasteiger partial charge in [0, 0.05) is 50.5 Å². The number of hydrogen-bond acceptors (Lipinski definition) is 3. The number of nitrogens with zero attached hydrogens (tertiary/aromatic N) is 3. The predicted molar refractivity (Wildman–Crippen MR) is 146 cm³/mol. The number of hydrogen-bond donors (Lipinski definition) is 0. The van der Waals surface area contributed by atoms with Crippen molar-refractivity contribution < 1.29 is 4.79 Å². The molecular weight excluding hydrogens is 465 g/mol. The Labute approximate surface area is 215 Å². The number of benzene rings is 3. The highest BCUT2D eigenvalue weighted by atomic mass is 35.5. The molecule has 0 bridgehead atoms. The Balaban J connectivity index is 0.00000162. The SMILES string of the molecule is Cc1ccc(CN2CCN(c3ccc4c(c3)CCC(=O)N4Cc3ccccc3)CC2)cc1.Cl.Cl. The Morgan fingerprint density at radius 1 is 0.735 bits per heavy atom. The number of carbonyl (C=O) groups is 1. The largest absolute Gasteiger partial charge is 0.369 e. The highest BCUT2D eigenvalue weighted by Gasteiger charge is 2.26. The fourth-order valence-electron chi connectivity index (χ4n) is 4.80. The van der Waals surface area contributed by atoms with E-state index < -0.39 is 0 Å². The highest BCUT2D eigenvalue weighted by molar-refractivity contribution is 5.96. The second-order valence-corrected chi connectivity index (χ2v) is 9.03. The monoisotopic (exact) mass is 497 g/mol. The molecule has 1 fully saturated rings. The third kappa shape index (κ3) is 5.93. The van der Waals surface area contributed by atoms with Crippen molar-refractivity contribution in [2.45, 2.75) is 32.9 Å². The zero-order chi connectivity index (χ0) is 21.9. The third-order valence-electron chi connectivity index (χ3n) is 6.71. The maximum atomic E-state index is 12.7. The Bertz CT molecular complexity index is 1080. The van der Waals surface area contributed by atoms with Crippen molar-refractivity contribution in [3.8, 4) is 0 Å². The van der Waals surface area contributed by atoms with Crippen LogP contribution in [0.2, 0.25) is 0 Å². The van der Waals surface area contributed by atoms with Crippen molar-refractivity contribution in [2.75, 3.05) is 36.0 Å². The lowest BCUT2D eigenvalue weighted by molar-refractivity contribution is -0.119. The molecule has 0 N–H and O–H groups in total. The van der Waals surface area contributed by atoms with Crippen molar-refractivity contribution in [2.24, 2.45) is 0 Å². The van der Waals surface area contributed by atoms with Gasteiger partial charge in [-0.15, -0.1) is 24.8 Å². The average Bonchev–Trinajstić information content (AvgIpc) is 2.83. The zero-order valence-corrected chi connectivity index (χ0v) is 21.3. The van der Waals surface area contributed by atoms with E-state index >= 15 is 0 Å². The van der Waals surface area contributed by atoms with Crippen LogP contribution in [0.5, 0.6) is 0 Å². The van der Waals surface area contributed by atoms with E-state index in [9.17, 15) is 4.79 Å². The van der Waals surface area contributed by atoms with Gasteiger partial charge in [-0.2, -0.15) is 0 Å². The van der Waals surface area contributed by atoms with Crippen LogP contribution >= 0.6 is 24.8 Å². The Hall–Kier alpha value is -2.53. The van der Waals surface area contributed by atoms with Crippen LogP contribution in [0.1, 0.15) is 28.7 Å². The van der Waals surface area contributed by atoms with Crippen LogP contribution in [0.3, 0.4) is 0 Å². The van der Waals surface area contributed by atoms with Crippen molar-refractivity contribution in [3.05, 3.63) is 95.1 Å². The van der Waals surface area contributed by atoms with Crippen LogP contribution in [0.15, 0.2) is 72.8 Å². The summed E-state index contributed by atoms with van der Waals surface area (Å²) in [5.41, 5.74) is 7.53. The molecule has 2 aliphatic heterocycles. The van der Waals surface area contributed by atoms with Gasteiger partial charge in [-0.25, -0.2) is 0 Å². The van der Waals surface area contributed by atoms with Crippen LogP contribution in [-0.2, 0) is 24.3 Å². The number of amides is 1. The van der Waals surface area contributed by atoms with Crippen LogP contribution in [0, 0.1) is 6.92 Å². The molecule has 3 aromatic rings. The first-order chi connectivity index (χ1) is 15.7. The zero-order valence-electron chi connectivity index (χ0n) is 19.7. The molecule has 1 saturated heterocycles. The van der Waals surface area contributed by atoms with Crippen LogP contribution in [0.25, 0.3) is 0 Å². The summed E-state index contributed by atoms with van der Waals surface area (Å²) in [4.78, 5) is 19.6. The summed E-state index contributed by atoms with van der Waals surface area (Å²) < 4.78 is 0. The van der Waals surface area contributed by atoms with Crippen molar-refractivity contribution in [1.29, 1.82) is 0 Å². The summed E-state index contributed by atoms with van der Waals surface area (Å²) in [6, 6.07) is 25.8. The standard InChI is InChI=1S/C28H31N3O.2ClH/c1-22-7-9-24(10-8-22)20-29-15-17-30(18-16-29)26-12-13-27-25(19-26)11-14-28(32)31(27)21-23-5-3-2-4-6-23;;/h2-10,12-13,19H,11,14-18,20-21H2,1H3;2*1H. The number of carbonyl (C=O) groups excluding carboxylic acids is 1. The second-order valence-electron chi connectivity index (χ2n) is 9.03. The summed E-state index contributed by atoms with van der Waals surface area (Å²) in [7, 11) is 0. The van der Waals surface area contributed by atoms with E-state index in [1.54, 1.807) is 0 Å². The van der Waals surface area contributed by atoms with Crippen molar-refractivity contribution in [3.63, 3.8) is 0 Å². The van der Waals surface area contributed by atoms with E-state index in [0.717, 1.165) is 44.8 Å². The Morgan fingerprint density at radius 2 is 1.41 bits per heavy atom. The first-order valence-corrected chi connectivity index (χ1v) is 11.7. The molecule has 0 atom stereocenters. The number of rotatable bonds is 5. The molecule has 0 aliphatic carbocycles. The number of anilines is 2. The van der Waals surface area contributed by atoms with Crippen molar-refractivity contribution >= 4 is 42.1 Å². The molecule has 0 radical (unpaired) electrons. The molecule has 2 aliphatic rings. The minimum atomic E-state index is 0. The summed E-state index contributed by atoms with van der Waals surface area (Å²) in [6.45, 7) is 8.03. The van der Waals surface area contributed by atoms with E-state index in [1.807, 2.05) is 23.1 Å². The van der Waals surface area contributed by atoms with Gasteiger partial charge in [-0.1, -0.05) is 60.2 Å². The molecule has 4 nitrogen and oxygen atoms in total. The van der Waals surface area contributed by atoms with E-state index in [4.69, 9.17) is 0 Å². The maximum Gasteiger partial charge on any atom is 0.227 e. The van der Waals surface area contributed by atoms with Crippen LogP contribution < -0.4 is 9.80 Å². The second kappa shape index (κ2) is 11.7. The molecule has 0 spiro atoms. The molecule has 0 aromatic heterocycles. The molecule has 6 heteroatoms. The van der Waals surface area contributed by atoms with Gasteiger partial charge < -0.3 is 9.80 Å². The van der Waals surface area contributed by atoms with Gasteiger partial charge in [0.15, 0.2) is 0 Å². The van der Waals surface area contributed by atoms with Crippen LogP contribution in [0.4, 0.5) is 11.4 Å². The lowest BCUT2D eigenvalue weighted by Crippen LogP contribution is -2.46. The fraction of sp³-hybridized carbons (Fsp3) is 0.321. The van der Waals surface area contributed by atoms with Gasteiger partial charge in [-0.3, -0.25) is 9.69 Å².